The number of rotatable bonds is 0. The lowest BCUT2D eigenvalue weighted by atomic mass is 10.2. The van der Waals surface area contributed by atoms with Crippen LogP contribution in [0.4, 0.5) is 4.20 Å². The van der Waals surface area contributed by atoms with Gasteiger partial charge < -0.3 is 9.05 Å². The fourth-order valence-corrected chi connectivity index (χ4v) is 1.27. The van der Waals surface area contributed by atoms with Gasteiger partial charge in [-0.2, -0.15) is 4.20 Å². The van der Waals surface area contributed by atoms with Gasteiger partial charge in [0.1, 0.15) is 0 Å². The fourth-order valence-electron chi connectivity index (χ4n) is 0.457. The van der Waals surface area contributed by atoms with Crippen LogP contribution in [0.15, 0.2) is 0 Å². The largest absolute Gasteiger partial charge is 0.374 e. The molecule has 0 aliphatic carbocycles. The van der Waals surface area contributed by atoms with Crippen LogP contribution in [0.3, 0.4) is 0 Å². The average molecular weight is 138 g/mol. The first-order valence-electron chi connectivity index (χ1n) is 2.51. The maximum Gasteiger partial charge on any atom is 0.374 e. The Morgan fingerprint density at radius 2 is 2.00 bits per heavy atom. The van der Waals surface area contributed by atoms with Crippen molar-refractivity contribution in [3.63, 3.8) is 0 Å². The van der Waals surface area contributed by atoms with Crippen molar-refractivity contribution in [2.45, 2.75) is 6.92 Å². The standard InChI is InChI=1S/C4H8FO2P/c1-4-2-6-8(5)7-3-4/h4H,2-3H2,1H3. The smallest absolute Gasteiger partial charge is 0.309 e. The molecule has 0 saturated carbocycles. The molecule has 0 aromatic heterocycles. The van der Waals surface area contributed by atoms with E-state index >= 15 is 0 Å². The number of hydrogen-bond acceptors (Lipinski definition) is 2. The molecule has 0 radical (unpaired) electrons. The Hall–Kier alpha value is 0.280. The molecule has 1 saturated heterocycles. The normalized spacial score (nSPS) is 39.8. The Kier molecular flexibility index (Phi) is 2.17. The third kappa shape index (κ3) is 1.66. The van der Waals surface area contributed by atoms with Crippen LogP contribution in [-0.4, -0.2) is 13.2 Å². The van der Waals surface area contributed by atoms with Gasteiger partial charge in [0.15, 0.2) is 0 Å². The highest BCUT2D eigenvalue weighted by Gasteiger charge is 2.18. The summed E-state index contributed by atoms with van der Waals surface area (Å²) in [5.74, 6) is 0.351. The van der Waals surface area contributed by atoms with Crippen molar-refractivity contribution in [1.29, 1.82) is 0 Å². The molecule has 1 aliphatic rings. The van der Waals surface area contributed by atoms with Gasteiger partial charge in [0.25, 0.3) is 0 Å². The summed E-state index contributed by atoms with van der Waals surface area (Å²) in [7, 11) is -2.02. The summed E-state index contributed by atoms with van der Waals surface area (Å²) in [6.45, 7) is 2.97. The Labute approximate surface area is 49.0 Å². The second kappa shape index (κ2) is 2.72. The summed E-state index contributed by atoms with van der Waals surface area (Å²) in [6, 6.07) is 0. The van der Waals surface area contributed by atoms with Crippen LogP contribution in [-0.2, 0) is 9.05 Å². The predicted molar refractivity (Wildman–Crippen MR) is 29.1 cm³/mol. The summed E-state index contributed by atoms with van der Waals surface area (Å²) in [4.78, 5) is 0. The zero-order chi connectivity index (χ0) is 5.98. The van der Waals surface area contributed by atoms with E-state index in [-0.39, 0.29) is 0 Å². The number of hydrogen-bond donors (Lipinski definition) is 0. The molecule has 2 nitrogen and oxygen atoms in total. The van der Waals surface area contributed by atoms with Crippen LogP contribution < -0.4 is 0 Å². The molecule has 4 heteroatoms. The lowest BCUT2D eigenvalue weighted by Gasteiger charge is -2.19. The third-order valence-corrected chi connectivity index (χ3v) is 1.63. The highest BCUT2D eigenvalue weighted by molar-refractivity contribution is 7.41. The minimum Gasteiger partial charge on any atom is -0.309 e. The lowest BCUT2D eigenvalue weighted by Crippen LogP contribution is -2.14. The molecule has 1 rings (SSSR count). The van der Waals surface area contributed by atoms with Gasteiger partial charge in [-0.1, -0.05) is 6.92 Å². The molecule has 1 aliphatic heterocycles. The van der Waals surface area contributed by atoms with E-state index < -0.39 is 8.69 Å². The molecule has 48 valence electrons. The van der Waals surface area contributed by atoms with Crippen molar-refractivity contribution in [2.75, 3.05) is 13.2 Å². The first kappa shape index (κ1) is 6.40. The van der Waals surface area contributed by atoms with Crippen LogP contribution in [0.2, 0.25) is 0 Å². The Morgan fingerprint density at radius 3 is 2.38 bits per heavy atom. The van der Waals surface area contributed by atoms with E-state index in [2.05, 4.69) is 9.05 Å². The summed E-state index contributed by atoms with van der Waals surface area (Å²) >= 11 is 0. The van der Waals surface area contributed by atoms with Gasteiger partial charge in [-0.15, -0.1) is 0 Å². The van der Waals surface area contributed by atoms with E-state index in [1.54, 1.807) is 0 Å². The monoisotopic (exact) mass is 138 g/mol. The van der Waals surface area contributed by atoms with Gasteiger partial charge in [0, 0.05) is 5.92 Å². The third-order valence-electron chi connectivity index (χ3n) is 0.921. The zero-order valence-electron chi connectivity index (χ0n) is 4.63. The van der Waals surface area contributed by atoms with Crippen LogP contribution in [0.5, 0.6) is 0 Å². The van der Waals surface area contributed by atoms with Gasteiger partial charge in [0.05, 0.1) is 13.2 Å². The highest BCUT2D eigenvalue weighted by atomic mass is 31.2. The molecule has 0 aromatic carbocycles. The quantitative estimate of drug-likeness (QED) is 0.475. The molecule has 8 heavy (non-hydrogen) atoms. The van der Waals surface area contributed by atoms with Gasteiger partial charge in [-0.05, 0) is 0 Å². The Balaban J connectivity index is 2.19. The molecule has 0 atom stereocenters. The average Bonchev–Trinajstić information content (AvgIpc) is 1.77. The first-order valence-corrected chi connectivity index (χ1v) is 3.57. The molecule has 0 bridgehead atoms. The van der Waals surface area contributed by atoms with E-state index in [4.69, 9.17) is 0 Å². The van der Waals surface area contributed by atoms with E-state index in [1.165, 1.54) is 0 Å². The summed E-state index contributed by atoms with van der Waals surface area (Å²) in [5.41, 5.74) is 0. The maximum atomic E-state index is 12.0. The van der Waals surface area contributed by atoms with Crippen LogP contribution in [0, 0.1) is 5.92 Å². The van der Waals surface area contributed by atoms with E-state index in [0.29, 0.717) is 19.1 Å². The summed E-state index contributed by atoms with van der Waals surface area (Å²) in [5, 5.41) is 0. The fraction of sp³-hybridized carbons (Fsp3) is 1.00. The molecular weight excluding hydrogens is 130 g/mol. The lowest BCUT2D eigenvalue weighted by molar-refractivity contribution is 0.113. The Bertz CT molecular complexity index is 62.4. The molecule has 0 N–H and O–H groups in total. The second-order valence-electron chi connectivity index (χ2n) is 1.91. The summed E-state index contributed by atoms with van der Waals surface area (Å²) in [6.07, 6.45) is 0. The minimum atomic E-state index is -2.02. The molecule has 0 aromatic rings. The van der Waals surface area contributed by atoms with Crippen molar-refractivity contribution in [3.05, 3.63) is 0 Å². The minimum absolute atomic E-state index is 0.351. The summed E-state index contributed by atoms with van der Waals surface area (Å²) < 4.78 is 21.1. The van der Waals surface area contributed by atoms with Crippen molar-refractivity contribution < 1.29 is 13.2 Å². The van der Waals surface area contributed by atoms with Gasteiger partial charge in [-0.25, -0.2) is 0 Å². The molecule has 0 spiro atoms. The first-order chi connectivity index (χ1) is 3.79. The van der Waals surface area contributed by atoms with Crippen molar-refractivity contribution in [2.24, 2.45) is 5.92 Å². The van der Waals surface area contributed by atoms with Gasteiger partial charge in [-0.3, -0.25) is 0 Å². The van der Waals surface area contributed by atoms with Gasteiger partial charge in [0.2, 0.25) is 0 Å². The van der Waals surface area contributed by atoms with Crippen molar-refractivity contribution in [1.82, 2.24) is 0 Å². The molecule has 0 unspecified atom stereocenters. The molecule has 1 fully saturated rings. The van der Waals surface area contributed by atoms with E-state index in [9.17, 15) is 4.20 Å². The van der Waals surface area contributed by atoms with Crippen molar-refractivity contribution in [3.8, 4) is 0 Å². The topological polar surface area (TPSA) is 18.5 Å². The van der Waals surface area contributed by atoms with E-state index in [1.807, 2.05) is 6.92 Å². The molecular formula is C4H8FO2P. The van der Waals surface area contributed by atoms with E-state index in [0.717, 1.165) is 0 Å². The zero-order valence-corrected chi connectivity index (χ0v) is 5.53. The molecule has 0 amide bonds. The molecule has 1 heterocycles. The highest BCUT2D eigenvalue weighted by Crippen LogP contribution is 2.43. The van der Waals surface area contributed by atoms with Gasteiger partial charge >= 0.3 is 8.69 Å². The number of halogens is 1. The van der Waals surface area contributed by atoms with Crippen molar-refractivity contribution >= 4 is 8.69 Å². The second-order valence-corrected chi connectivity index (χ2v) is 2.85. The predicted octanol–water partition coefficient (Wildman–Crippen LogP) is 1.87. The SMILES string of the molecule is CC1COP(F)OC1. The van der Waals surface area contributed by atoms with Crippen LogP contribution in [0.25, 0.3) is 0 Å². The maximum absolute atomic E-state index is 12.0. The Morgan fingerprint density at radius 1 is 1.50 bits per heavy atom. The van der Waals surface area contributed by atoms with Crippen LogP contribution >= 0.6 is 8.69 Å². The van der Waals surface area contributed by atoms with Crippen LogP contribution in [0.1, 0.15) is 6.92 Å².